The van der Waals surface area contributed by atoms with Gasteiger partial charge in [-0.25, -0.2) is 0 Å². The number of alkyl halides is 3. The molecule has 0 unspecified atom stereocenters. The summed E-state index contributed by atoms with van der Waals surface area (Å²) in [5, 5.41) is 8.92. The van der Waals surface area contributed by atoms with Crippen LogP contribution >= 0.6 is 0 Å². The molecule has 154 valence electrons. The zero-order chi connectivity index (χ0) is 21.6. The Morgan fingerprint density at radius 2 is 1.80 bits per heavy atom. The molecule has 1 N–H and O–H groups in total. The van der Waals surface area contributed by atoms with E-state index in [0.29, 0.717) is 16.9 Å². The van der Waals surface area contributed by atoms with Crippen molar-refractivity contribution in [1.82, 2.24) is 4.98 Å². The first-order chi connectivity index (χ1) is 14.3. The first kappa shape index (κ1) is 21.1. The van der Waals surface area contributed by atoms with Crippen molar-refractivity contribution >= 4 is 12.0 Å². The molecule has 0 amide bonds. The van der Waals surface area contributed by atoms with Crippen molar-refractivity contribution in [2.24, 2.45) is 0 Å². The van der Waals surface area contributed by atoms with E-state index in [-0.39, 0.29) is 13.0 Å². The molecular weight excluding hydrogens is 395 g/mol. The number of halogens is 3. The Labute approximate surface area is 171 Å². The van der Waals surface area contributed by atoms with Gasteiger partial charge in [0, 0.05) is 18.0 Å². The molecule has 3 aromatic rings. The summed E-state index contributed by atoms with van der Waals surface area (Å²) >= 11 is 0. The maximum atomic E-state index is 12.6. The number of carboxylic acid groups (broad SMARTS) is 1. The van der Waals surface area contributed by atoms with E-state index in [1.165, 1.54) is 18.3 Å². The van der Waals surface area contributed by atoms with E-state index in [4.69, 9.17) is 9.84 Å². The molecule has 0 aliphatic carbocycles. The van der Waals surface area contributed by atoms with Gasteiger partial charge in [0.05, 0.1) is 12.0 Å². The molecular formula is C23H18F3NO3. The van der Waals surface area contributed by atoms with Crippen molar-refractivity contribution in [1.29, 1.82) is 0 Å². The molecule has 0 aliphatic rings. The van der Waals surface area contributed by atoms with Crippen LogP contribution < -0.4 is 4.74 Å². The van der Waals surface area contributed by atoms with Gasteiger partial charge in [0.2, 0.25) is 0 Å². The van der Waals surface area contributed by atoms with E-state index in [9.17, 15) is 18.0 Å². The van der Waals surface area contributed by atoms with E-state index in [2.05, 4.69) is 4.98 Å². The van der Waals surface area contributed by atoms with E-state index in [1.807, 2.05) is 18.2 Å². The first-order valence-electron chi connectivity index (χ1n) is 9.04. The Balaban J connectivity index is 1.62. The fourth-order valence-corrected chi connectivity index (χ4v) is 2.79. The molecule has 0 saturated carbocycles. The smallest absolute Gasteiger partial charge is 0.416 e. The summed E-state index contributed by atoms with van der Waals surface area (Å²) in [4.78, 5) is 15.0. The lowest BCUT2D eigenvalue weighted by Crippen LogP contribution is -2.03. The molecule has 2 aromatic carbocycles. The van der Waals surface area contributed by atoms with E-state index in [1.54, 1.807) is 30.5 Å². The molecule has 7 heteroatoms. The van der Waals surface area contributed by atoms with Gasteiger partial charge in [-0.1, -0.05) is 30.3 Å². The lowest BCUT2D eigenvalue weighted by atomic mass is 10.0. The van der Waals surface area contributed by atoms with Gasteiger partial charge in [0.25, 0.3) is 0 Å². The second kappa shape index (κ2) is 9.26. The van der Waals surface area contributed by atoms with E-state index < -0.39 is 17.7 Å². The molecule has 0 aliphatic heterocycles. The van der Waals surface area contributed by atoms with Crippen LogP contribution in [-0.2, 0) is 17.4 Å². The molecule has 0 radical (unpaired) electrons. The third-order valence-corrected chi connectivity index (χ3v) is 4.21. The summed E-state index contributed by atoms with van der Waals surface area (Å²) in [7, 11) is 0. The zero-order valence-electron chi connectivity index (χ0n) is 15.8. The second-order valence-electron chi connectivity index (χ2n) is 6.51. The highest BCUT2D eigenvalue weighted by Crippen LogP contribution is 2.29. The van der Waals surface area contributed by atoms with Gasteiger partial charge in [-0.3, -0.25) is 9.78 Å². The number of carboxylic acids is 1. The minimum absolute atomic E-state index is 0.105. The first-order valence-corrected chi connectivity index (χ1v) is 9.04. The third kappa shape index (κ3) is 5.94. The van der Waals surface area contributed by atoms with Gasteiger partial charge >= 0.3 is 12.1 Å². The Morgan fingerprint density at radius 3 is 2.50 bits per heavy atom. The van der Waals surface area contributed by atoms with Gasteiger partial charge in [-0.2, -0.15) is 13.2 Å². The largest absolute Gasteiger partial charge is 0.490 e. The quantitative estimate of drug-likeness (QED) is 0.557. The summed E-state index contributed by atoms with van der Waals surface area (Å²) in [5.74, 6) is -0.320. The van der Waals surface area contributed by atoms with Crippen molar-refractivity contribution in [3.05, 3.63) is 89.8 Å². The van der Waals surface area contributed by atoms with Gasteiger partial charge in [-0.15, -0.1) is 0 Å². The summed E-state index contributed by atoms with van der Waals surface area (Å²) < 4.78 is 43.4. The van der Waals surface area contributed by atoms with Crippen molar-refractivity contribution in [3.63, 3.8) is 0 Å². The molecule has 30 heavy (non-hydrogen) atoms. The van der Waals surface area contributed by atoms with Gasteiger partial charge in [0.15, 0.2) is 0 Å². The van der Waals surface area contributed by atoms with Gasteiger partial charge < -0.3 is 9.84 Å². The Kier molecular flexibility index (Phi) is 6.51. The second-order valence-corrected chi connectivity index (χ2v) is 6.51. The highest BCUT2D eigenvalue weighted by Gasteiger charge is 2.29. The predicted octanol–water partition coefficient (Wildman–Crippen LogP) is 5.49. The number of carbonyl (C=O) groups is 1. The van der Waals surface area contributed by atoms with Crippen LogP contribution in [0.15, 0.2) is 73.1 Å². The fraction of sp³-hybridized carbons (Fsp3) is 0.130. The SMILES string of the molecule is O=C(O)Cc1cncc(-c2cccc(OC/C=C/c3ccc(C(F)(F)F)cc3)c2)c1. The normalized spacial score (nSPS) is 11.6. The van der Waals surface area contributed by atoms with Crippen LogP contribution in [0.5, 0.6) is 5.75 Å². The number of aromatic nitrogens is 1. The van der Waals surface area contributed by atoms with Gasteiger partial charge in [-0.05, 0) is 53.1 Å². The van der Waals surface area contributed by atoms with E-state index >= 15 is 0 Å². The van der Waals surface area contributed by atoms with Gasteiger partial charge in [0.1, 0.15) is 12.4 Å². The van der Waals surface area contributed by atoms with Crippen LogP contribution in [-0.4, -0.2) is 22.7 Å². The van der Waals surface area contributed by atoms with Crippen LogP contribution in [0.2, 0.25) is 0 Å². The molecule has 0 atom stereocenters. The average Bonchev–Trinajstić information content (AvgIpc) is 2.71. The lowest BCUT2D eigenvalue weighted by Gasteiger charge is -2.08. The monoisotopic (exact) mass is 413 g/mol. The molecule has 1 aromatic heterocycles. The van der Waals surface area contributed by atoms with Crippen LogP contribution in [0.1, 0.15) is 16.7 Å². The molecule has 0 bridgehead atoms. The molecule has 4 nitrogen and oxygen atoms in total. The van der Waals surface area contributed by atoms with E-state index in [0.717, 1.165) is 23.3 Å². The number of hydrogen-bond acceptors (Lipinski definition) is 3. The number of rotatable bonds is 7. The summed E-state index contributed by atoms with van der Waals surface area (Å²) in [6, 6.07) is 13.9. The highest BCUT2D eigenvalue weighted by molar-refractivity contribution is 5.72. The topological polar surface area (TPSA) is 59.4 Å². The summed E-state index contributed by atoms with van der Waals surface area (Å²) in [6.45, 7) is 0.238. The molecule has 0 saturated heterocycles. The van der Waals surface area contributed by atoms with Crippen LogP contribution in [0, 0.1) is 0 Å². The fourth-order valence-electron chi connectivity index (χ4n) is 2.79. The Bertz CT molecular complexity index is 1040. The Hall–Kier alpha value is -3.61. The van der Waals surface area contributed by atoms with Crippen LogP contribution in [0.3, 0.4) is 0 Å². The number of nitrogens with zero attached hydrogens (tertiary/aromatic N) is 1. The molecule has 0 fully saturated rings. The Morgan fingerprint density at radius 1 is 1.03 bits per heavy atom. The van der Waals surface area contributed by atoms with Crippen LogP contribution in [0.25, 0.3) is 17.2 Å². The third-order valence-electron chi connectivity index (χ3n) is 4.21. The minimum atomic E-state index is -4.35. The average molecular weight is 413 g/mol. The van der Waals surface area contributed by atoms with Crippen molar-refractivity contribution in [2.75, 3.05) is 6.61 Å². The predicted molar refractivity (Wildman–Crippen MR) is 107 cm³/mol. The highest BCUT2D eigenvalue weighted by atomic mass is 19.4. The minimum Gasteiger partial charge on any atom is -0.490 e. The molecule has 1 heterocycles. The maximum Gasteiger partial charge on any atom is 0.416 e. The lowest BCUT2D eigenvalue weighted by molar-refractivity contribution is -0.138. The molecule has 3 rings (SSSR count). The van der Waals surface area contributed by atoms with Crippen molar-refractivity contribution in [2.45, 2.75) is 12.6 Å². The number of hydrogen-bond donors (Lipinski definition) is 1. The molecule has 0 spiro atoms. The van der Waals surface area contributed by atoms with Crippen molar-refractivity contribution in [3.8, 4) is 16.9 Å². The number of pyridine rings is 1. The van der Waals surface area contributed by atoms with Crippen molar-refractivity contribution < 1.29 is 27.8 Å². The number of ether oxygens (including phenoxy) is 1. The summed E-state index contributed by atoms with van der Waals surface area (Å²) in [6.07, 6.45) is 2.11. The zero-order valence-corrected chi connectivity index (χ0v) is 15.8. The van der Waals surface area contributed by atoms with Crippen LogP contribution in [0.4, 0.5) is 13.2 Å². The summed E-state index contributed by atoms with van der Waals surface area (Å²) in [5.41, 5.74) is 2.17. The standard InChI is InChI=1S/C23H18F3NO3/c24-23(25,26)20-8-6-16(7-9-20)3-2-10-30-21-5-1-4-18(13-21)19-11-17(12-22(28)29)14-27-15-19/h1-9,11,13-15H,10,12H2,(H,28,29)/b3-2+. The number of aliphatic carboxylic acids is 1. The number of benzene rings is 2. The maximum absolute atomic E-state index is 12.6.